The predicted molar refractivity (Wildman–Crippen MR) is 61.3 cm³/mol. The van der Waals surface area contributed by atoms with Crippen LogP contribution < -0.4 is 0 Å². The third kappa shape index (κ3) is 3.04. The lowest BCUT2D eigenvalue weighted by Gasteiger charge is -2.18. The third-order valence-corrected chi connectivity index (χ3v) is 2.67. The molecule has 1 heterocycles. The molecule has 1 fully saturated rings. The first kappa shape index (κ1) is 11.6. The third-order valence-electron chi connectivity index (χ3n) is 2.67. The van der Waals surface area contributed by atoms with Gasteiger partial charge in [-0.1, -0.05) is 30.3 Å². The highest BCUT2D eigenvalue weighted by atomic mass is 16.6. The van der Waals surface area contributed by atoms with Gasteiger partial charge in [-0.05, 0) is 12.5 Å². The van der Waals surface area contributed by atoms with Crippen LogP contribution in [0.5, 0.6) is 0 Å². The van der Waals surface area contributed by atoms with Gasteiger partial charge in [0.2, 0.25) is 0 Å². The van der Waals surface area contributed by atoms with Crippen LogP contribution in [0, 0.1) is 0 Å². The van der Waals surface area contributed by atoms with Crippen molar-refractivity contribution in [3.8, 4) is 0 Å². The van der Waals surface area contributed by atoms with Gasteiger partial charge in [0, 0.05) is 6.61 Å². The summed E-state index contributed by atoms with van der Waals surface area (Å²) >= 11 is 0. The minimum Gasteiger partial charge on any atom is -0.376 e. The molecule has 0 aliphatic carbocycles. The highest BCUT2D eigenvalue weighted by Crippen LogP contribution is 2.15. The monoisotopic (exact) mass is 222 g/mol. The summed E-state index contributed by atoms with van der Waals surface area (Å²) in [7, 11) is 0. The number of rotatable bonds is 5. The number of ether oxygens (including phenoxy) is 3. The first-order chi connectivity index (χ1) is 7.90. The Labute approximate surface area is 96.3 Å². The maximum atomic E-state index is 5.80. The van der Waals surface area contributed by atoms with Gasteiger partial charge in [0.15, 0.2) is 0 Å². The minimum absolute atomic E-state index is 0.0696. The molecule has 2 atom stereocenters. The molecule has 1 aliphatic rings. The number of hydrogen-bond donors (Lipinski definition) is 0. The number of hydrogen-bond acceptors (Lipinski definition) is 3. The molecule has 0 N–H and O–H groups in total. The first-order valence-corrected chi connectivity index (χ1v) is 5.75. The standard InChI is InChI=1S/C13H18O3/c1-2-15-12-9-14-10-13(12)16-8-11-6-4-3-5-7-11/h3-7,12-13H,2,8-10H2,1H3/t12-,13?/m0/s1. The molecule has 1 aromatic carbocycles. The van der Waals surface area contributed by atoms with Crippen molar-refractivity contribution in [1.82, 2.24) is 0 Å². The molecule has 1 unspecified atom stereocenters. The van der Waals surface area contributed by atoms with Gasteiger partial charge in [-0.15, -0.1) is 0 Å². The SMILES string of the molecule is CCO[C@H]1COCC1OCc1ccccc1. The zero-order chi connectivity index (χ0) is 11.2. The van der Waals surface area contributed by atoms with Crippen molar-refractivity contribution in [3.63, 3.8) is 0 Å². The van der Waals surface area contributed by atoms with E-state index in [-0.39, 0.29) is 12.2 Å². The molecular formula is C13H18O3. The van der Waals surface area contributed by atoms with E-state index < -0.39 is 0 Å². The Morgan fingerprint density at radius 2 is 1.81 bits per heavy atom. The number of benzene rings is 1. The van der Waals surface area contributed by atoms with Crippen LogP contribution in [0.2, 0.25) is 0 Å². The van der Waals surface area contributed by atoms with Crippen LogP contribution in [0.4, 0.5) is 0 Å². The van der Waals surface area contributed by atoms with Gasteiger partial charge in [-0.25, -0.2) is 0 Å². The molecule has 88 valence electrons. The smallest absolute Gasteiger partial charge is 0.110 e. The van der Waals surface area contributed by atoms with Crippen molar-refractivity contribution < 1.29 is 14.2 Å². The summed E-state index contributed by atoms with van der Waals surface area (Å²) in [4.78, 5) is 0. The maximum absolute atomic E-state index is 5.80. The molecule has 1 aromatic rings. The van der Waals surface area contributed by atoms with Gasteiger partial charge < -0.3 is 14.2 Å². The predicted octanol–water partition coefficient (Wildman–Crippen LogP) is 2.01. The van der Waals surface area contributed by atoms with Crippen LogP contribution in [0.3, 0.4) is 0 Å². The van der Waals surface area contributed by atoms with Gasteiger partial charge in [0.05, 0.1) is 19.8 Å². The van der Waals surface area contributed by atoms with Crippen molar-refractivity contribution in [1.29, 1.82) is 0 Å². The lowest BCUT2D eigenvalue weighted by Crippen LogP contribution is -2.29. The van der Waals surface area contributed by atoms with E-state index in [1.165, 1.54) is 5.56 Å². The van der Waals surface area contributed by atoms with Crippen LogP contribution in [0.25, 0.3) is 0 Å². The zero-order valence-electron chi connectivity index (χ0n) is 9.59. The highest BCUT2D eigenvalue weighted by Gasteiger charge is 2.29. The van der Waals surface area contributed by atoms with Gasteiger partial charge in [-0.2, -0.15) is 0 Å². The molecule has 3 nitrogen and oxygen atoms in total. The van der Waals surface area contributed by atoms with Crippen LogP contribution >= 0.6 is 0 Å². The Balaban J connectivity index is 1.81. The fourth-order valence-electron chi connectivity index (χ4n) is 1.82. The van der Waals surface area contributed by atoms with E-state index in [9.17, 15) is 0 Å². The fourth-order valence-corrected chi connectivity index (χ4v) is 1.82. The van der Waals surface area contributed by atoms with Gasteiger partial charge in [0.1, 0.15) is 12.2 Å². The van der Waals surface area contributed by atoms with Crippen LogP contribution in [0.1, 0.15) is 12.5 Å². The molecule has 0 bridgehead atoms. The van der Waals surface area contributed by atoms with Crippen molar-refractivity contribution in [3.05, 3.63) is 35.9 Å². The average Bonchev–Trinajstić information content (AvgIpc) is 2.76. The first-order valence-electron chi connectivity index (χ1n) is 5.75. The fraction of sp³-hybridized carbons (Fsp3) is 0.538. The normalized spacial score (nSPS) is 24.8. The Morgan fingerprint density at radius 3 is 2.50 bits per heavy atom. The van der Waals surface area contributed by atoms with Crippen molar-refractivity contribution >= 4 is 0 Å². The Hall–Kier alpha value is -0.900. The van der Waals surface area contributed by atoms with E-state index in [2.05, 4.69) is 12.1 Å². The largest absolute Gasteiger partial charge is 0.376 e. The molecule has 1 saturated heterocycles. The lowest BCUT2D eigenvalue weighted by atomic mass is 10.2. The van der Waals surface area contributed by atoms with Crippen LogP contribution in [-0.4, -0.2) is 32.0 Å². The molecule has 16 heavy (non-hydrogen) atoms. The van der Waals surface area contributed by atoms with E-state index in [1.54, 1.807) is 0 Å². The minimum atomic E-state index is 0.0696. The van der Waals surface area contributed by atoms with Gasteiger partial charge >= 0.3 is 0 Å². The molecule has 0 spiro atoms. The second-order valence-corrected chi connectivity index (χ2v) is 3.87. The molecule has 0 radical (unpaired) electrons. The molecule has 0 aromatic heterocycles. The van der Waals surface area contributed by atoms with E-state index >= 15 is 0 Å². The molecule has 1 aliphatic heterocycles. The molecule has 2 rings (SSSR count). The Kier molecular flexibility index (Phi) is 4.34. The van der Waals surface area contributed by atoms with E-state index in [4.69, 9.17) is 14.2 Å². The molecule has 0 saturated carbocycles. The topological polar surface area (TPSA) is 27.7 Å². The Morgan fingerprint density at radius 1 is 1.12 bits per heavy atom. The highest BCUT2D eigenvalue weighted by molar-refractivity contribution is 5.13. The molecular weight excluding hydrogens is 204 g/mol. The van der Waals surface area contributed by atoms with E-state index in [0.29, 0.717) is 26.4 Å². The van der Waals surface area contributed by atoms with E-state index in [0.717, 1.165) is 0 Å². The average molecular weight is 222 g/mol. The zero-order valence-corrected chi connectivity index (χ0v) is 9.59. The summed E-state index contributed by atoms with van der Waals surface area (Å²) in [6, 6.07) is 10.2. The summed E-state index contributed by atoms with van der Waals surface area (Å²) in [6.07, 6.45) is 0.161. The lowest BCUT2D eigenvalue weighted by molar-refractivity contribution is -0.0495. The second kappa shape index (κ2) is 5.99. The van der Waals surface area contributed by atoms with Crippen molar-refractivity contribution in [2.24, 2.45) is 0 Å². The summed E-state index contributed by atoms with van der Waals surface area (Å²) in [5.41, 5.74) is 1.18. The van der Waals surface area contributed by atoms with Crippen LogP contribution in [-0.2, 0) is 20.8 Å². The van der Waals surface area contributed by atoms with Gasteiger partial charge in [-0.3, -0.25) is 0 Å². The molecule has 0 amide bonds. The quantitative estimate of drug-likeness (QED) is 0.762. The van der Waals surface area contributed by atoms with Crippen molar-refractivity contribution in [2.45, 2.75) is 25.7 Å². The second-order valence-electron chi connectivity index (χ2n) is 3.87. The van der Waals surface area contributed by atoms with E-state index in [1.807, 2.05) is 25.1 Å². The maximum Gasteiger partial charge on any atom is 0.110 e. The van der Waals surface area contributed by atoms with Gasteiger partial charge in [0.25, 0.3) is 0 Å². The summed E-state index contributed by atoms with van der Waals surface area (Å²) in [5.74, 6) is 0. The summed E-state index contributed by atoms with van der Waals surface area (Å²) in [6.45, 7) is 4.61. The summed E-state index contributed by atoms with van der Waals surface area (Å²) < 4.78 is 16.7. The Bertz CT molecular complexity index is 299. The summed E-state index contributed by atoms with van der Waals surface area (Å²) in [5, 5.41) is 0. The molecule has 3 heteroatoms. The van der Waals surface area contributed by atoms with Crippen molar-refractivity contribution in [2.75, 3.05) is 19.8 Å². The van der Waals surface area contributed by atoms with Crippen LogP contribution in [0.15, 0.2) is 30.3 Å².